The summed E-state index contributed by atoms with van der Waals surface area (Å²) in [5.74, 6) is 0. The molecule has 0 saturated heterocycles. The molecule has 170 valence electrons. The average Bonchev–Trinajstić information content (AvgIpc) is 3.06. The summed E-state index contributed by atoms with van der Waals surface area (Å²) in [6.45, 7) is 11.3. The SMILES string of the molecule is Cc1ccc2c(c1)C(C)(C)\C(=C/C=C/C=C/C=C/C1=[N+](C)c3ccc(Cl)cc3C1(C)C)N2C. The highest BCUT2D eigenvalue weighted by Gasteiger charge is 2.43. The van der Waals surface area contributed by atoms with E-state index in [1.54, 1.807) is 0 Å². The minimum absolute atomic E-state index is 0.00273. The second-order valence-electron chi connectivity index (χ2n) is 10.1. The standard InChI is InChI=1S/C30H34ClN2/c1-21-15-17-25-23(19-21)29(2,3)27(32(25)6)13-11-9-8-10-12-14-28-30(4,5)24-20-22(31)16-18-26(24)33(28)7/h8-20H,1-7H3/q+1. The summed E-state index contributed by atoms with van der Waals surface area (Å²) in [5.41, 5.74) is 8.98. The fourth-order valence-corrected chi connectivity index (χ4v) is 5.42. The maximum absolute atomic E-state index is 6.26. The summed E-state index contributed by atoms with van der Waals surface area (Å²) in [4.78, 5) is 2.31. The molecule has 0 saturated carbocycles. The Morgan fingerprint density at radius 1 is 0.848 bits per heavy atom. The van der Waals surface area contributed by atoms with Crippen LogP contribution < -0.4 is 4.90 Å². The minimum Gasteiger partial charge on any atom is -0.347 e. The van der Waals surface area contributed by atoms with Gasteiger partial charge in [-0.15, -0.1) is 0 Å². The third kappa shape index (κ3) is 4.02. The Morgan fingerprint density at radius 2 is 1.55 bits per heavy atom. The van der Waals surface area contributed by atoms with Gasteiger partial charge in [-0.25, -0.2) is 0 Å². The highest BCUT2D eigenvalue weighted by molar-refractivity contribution is 6.30. The van der Waals surface area contributed by atoms with Gasteiger partial charge in [-0.1, -0.05) is 73.5 Å². The lowest BCUT2D eigenvalue weighted by Crippen LogP contribution is -2.26. The number of benzene rings is 2. The minimum atomic E-state index is -0.0778. The zero-order valence-corrected chi connectivity index (χ0v) is 21.5. The highest BCUT2D eigenvalue weighted by Crippen LogP contribution is 2.47. The molecule has 0 spiro atoms. The maximum atomic E-state index is 6.26. The van der Waals surface area contributed by atoms with Crippen LogP contribution in [0.3, 0.4) is 0 Å². The molecule has 2 aliphatic rings. The fourth-order valence-electron chi connectivity index (χ4n) is 5.24. The van der Waals surface area contributed by atoms with Gasteiger partial charge in [0.25, 0.3) is 0 Å². The van der Waals surface area contributed by atoms with Crippen LogP contribution in [-0.4, -0.2) is 24.4 Å². The van der Waals surface area contributed by atoms with Crippen molar-refractivity contribution in [2.45, 2.75) is 45.4 Å². The Labute approximate surface area is 203 Å². The number of halogens is 1. The zero-order valence-electron chi connectivity index (χ0n) is 20.8. The summed E-state index contributed by atoms with van der Waals surface area (Å²) >= 11 is 6.26. The molecule has 4 rings (SSSR count). The summed E-state index contributed by atoms with van der Waals surface area (Å²) in [6, 6.07) is 12.9. The van der Waals surface area contributed by atoms with Gasteiger partial charge in [-0.05, 0) is 50.6 Å². The molecule has 2 aromatic carbocycles. The molecule has 2 aliphatic heterocycles. The van der Waals surface area contributed by atoms with Gasteiger partial charge in [0, 0.05) is 46.6 Å². The van der Waals surface area contributed by atoms with E-state index in [-0.39, 0.29) is 10.8 Å². The number of nitrogens with zero attached hydrogens (tertiary/aromatic N) is 2. The summed E-state index contributed by atoms with van der Waals surface area (Å²) < 4.78 is 2.26. The molecule has 3 heteroatoms. The number of fused-ring (bicyclic) bond motifs is 2. The van der Waals surface area contributed by atoms with E-state index in [0.717, 1.165) is 5.02 Å². The van der Waals surface area contributed by atoms with Crippen molar-refractivity contribution in [1.29, 1.82) is 0 Å². The van der Waals surface area contributed by atoms with Crippen LogP contribution in [0.15, 0.2) is 84.6 Å². The van der Waals surface area contributed by atoms with Crippen molar-refractivity contribution in [2.24, 2.45) is 0 Å². The molecule has 0 aliphatic carbocycles. The van der Waals surface area contributed by atoms with E-state index in [4.69, 9.17) is 11.6 Å². The van der Waals surface area contributed by atoms with Crippen molar-refractivity contribution < 1.29 is 4.58 Å². The molecule has 0 aromatic heterocycles. The number of allylic oxidation sites excluding steroid dienone is 8. The molecule has 2 aromatic rings. The summed E-state index contributed by atoms with van der Waals surface area (Å²) in [6.07, 6.45) is 14.9. The largest absolute Gasteiger partial charge is 0.347 e. The first kappa shape index (κ1) is 23.3. The van der Waals surface area contributed by atoms with Crippen LogP contribution in [0.1, 0.15) is 44.4 Å². The van der Waals surface area contributed by atoms with Crippen molar-refractivity contribution in [1.82, 2.24) is 0 Å². The van der Waals surface area contributed by atoms with E-state index in [0.29, 0.717) is 0 Å². The van der Waals surface area contributed by atoms with Crippen LogP contribution in [0, 0.1) is 6.92 Å². The van der Waals surface area contributed by atoms with Gasteiger partial charge in [0.05, 0.1) is 5.41 Å². The monoisotopic (exact) mass is 457 g/mol. The molecule has 0 unspecified atom stereocenters. The number of rotatable bonds is 4. The quantitative estimate of drug-likeness (QED) is 0.337. The topological polar surface area (TPSA) is 6.25 Å². The molecule has 0 radical (unpaired) electrons. The molecule has 0 atom stereocenters. The van der Waals surface area contributed by atoms with E-state index in [2.05, 4.69) is 131 Å². The molecule has 2 heterocycles. The summed E-state index contributed by atoms with van der Waals surface area (Å²) in [5, 5.41) is 0.786. The van der Waals surface area contributed by atoms with Crippen molar-refractivity contribution in [2.75, 3.05) is 19.0 Å². The Balaban J connectivity index is 1.47. The van der Waals surface area contributed by atoms with Crippen LogP contribution in [0.4, 0.5) is 11.4 Å². The van der Waals surface area contributed by atoms with Crippen LogP contribution in [-0.2, 0) is 10.8 Å². The van der Waals surface area contributed by atoms with Gasteiger partial charge < -0.3 is 4.90 Å². The van der Waals surface area contributed by atoms with Crippen molar-refractivity contribution in [3.63, 3.8) is 0 Å². The normalized spacial score (nSPS) is 20.1. The molecule has 0 bridgehead atoms. The third-order valence-corrected chi connectivity index (χ3v) is 7.37. The first-order valence-corrected chi connectivity index (χ1v) is 11.9. The molecule has 0 fully saturated rings. The van der Waals surface area contributed by atoms with Gasteiger partial charge >= 0.3 is 0 Å². The Bertz CT molecular complexity index is 1250. The number of hydrogen-bond acceptors (Lipinski definition) is 1. The maximum Gasteiger partial charge on any atom is 0.209 e. The van der Waals surface area contributed by atoms with E-state index < -0.39 is 0 Å². The van der Waals surface area contributed by atoms with Crippen molar-refractivity contribution >= 4 is 28.7 Å². The van der Waals surface area contributed by atoms with Gasteiger partial charge in [-0.3, -0.25) is 0 Å². The van der Waals surface area contributed by atoms with Gasteiger partial charge in [0.15, 0.2) is 5.71 Å². The molecule has 2 nitrogen and oxygen atoms in total. The van der Waals surface area contributed by atoms with E-state index in [1.165, 1.54) is 39.5 Å². The summed E-state index contributed by atoms with van der Waals surface area (Å²) in [7, 11) is 4.28. The number of aryl methyl sites for hydroxylation is 1. The molecule has 0 N–H and O–H groups in total. The van der Waals surface area contributed by atoms with Crippen LogP contribution >= 0.6 is 11.6 Å². The molecular formula is C30H34ClN2+. The van der Waals surface area contributed by atoms with Crippen molar-refractivity contribution in [3.05, 3.63) is 106 Å². The van der Waals surface area contributed by atoms with Gasteiger partial charge in [0.1, 0.15) is 7.05 Å². The average molecular weight is 458 g/mol. The Hall–Kier alpha value is -2.84. The first-order chi connectivity index (χ1) is 15.5. The fraction of sp³-hybridized carbons (Fsp3) is 0.300. The number of likely N-dealkylation sites (N-methyl/N-ethyl adjacent to an activating group) is 1. The lowest BCUT2D eigenvalue weighted by molar-refractivity contribution is -0.401. The van der Waals surface area contributed by atoms with Crippen molar-refractivity contribution in [3.8, 4) is 0 Å². The first-order valence-electron chi connectivity index (χ1n) is 11.5. The Morgan fingerprint density at radius 3 is 2.30 bits per heavy atom. The smallest absolute Gasteiger partial charge is 0.209 e. The van der Waals surface area contributed by atoms with E-state index >= 15 is 0 Å². The molecular weight excluding hydrogens is 424 g/mol. The van der Waals surface area contributed by atoms with Gasteiger partial charge in [0.2, 0.25) is 5.69 Å². The highest BCUT2D eigenvalue weighted by atomic mass is 35.5. The van der Waals surface area contributed by atoms with Gasteiger partial charge in [-0.2, -0.15) is 4.58 Å². The third-order valence-electron chi connectivity index (χ3n) is 7.14. The molecule has 0 amide bonds. The molecule has 33 heavy (non-hydrogen) atoms. The second kappa shape index (κ2) is 8.50. The van der Waals surface area contributed by atoms with Crippen LogP contribution in [0.25, 0.3) is 0 Å². The van der Waals surface area contributed by atoms with E-state index in [9.17, 15) is 0 Å². The predicted octanol–water partition coefficient (Wildman–Crippen LogP) is 7.63. The zero-order chi connectivity index (χ0) is 24.0. The lowest BCUT2D eigenvalue weighted by Gasteiger charge is -2.23. The van der Waals surface area contributed by atoms with Crippen LogP contribution in [0.5, 0.6) is 0 Å². The lowest BCUT2D eigenvalue weighted by atomic mass is 9.81. The second-order valence-corrected chi connectivity index (χ2v) is 10.6. The number of anilines is 1. The Kier molecular flexibility index (Phi) is 6.01. The van der Waals surface area contributed by atoms with E-state index in [1.807, 2.05) is 6.07 Å². The number of hydrogen-bond donors (Lipinski definition) is 0. The predicted molar refractivity (Wildman–Crippen MR) is 143 cm³/mol. The van der Waals surface area contributed by atoms with Crippen LogP contribution in [0.2, 0.25) is 5.02 Å².